The van der Waals surface area contributed by atoms with Crippen LogP contribution in [0.15, 0.2) is 46.4 Å². The molecule has 2 aromatic rings. The molecule has 0 radical (unpaired) electrons. The maximum atomic E-state index is 12.4. The Morgan fingerprint density at radius 1 is 1.17 bits per heavy atom. The monoisotopic (exact) mass is 393 g/mol. The molecule has 2 heterocycles. The molecule has 29 heavy (non-hydrogen) atoms. The van der Waals surface area contributed by atoms with E-state index in [2.05, 4.69) is 10.2 Å². The smallest absolute Gasteiger partial charge is 0.338 e. The molecule has 1 saturated heterocycles. The van der Waals surface area contributed by atoms with Crippen molar-refractivity contribution >= 4 is 29.5 Å². The summed E-state index contributed by atoms with van der Waals surface area (Å²) in [5.74, 6) is 0.232. The van der Waals surface area contributed by atoms with E-state index in [4.69, 9.17) is 9.15 Å². The van der Waals surface area contributed by atoms with Crippen molar-refractivity contribution in [2.24, 2.45) is 0 Å². The van der Waals surface area contributed by atoms with Crippen molar-refractivity contribution in [3.8, 4) is 6.07 Å². The first-order chi connectivity index (χ1) is 14.1. The Morgan fingerprint density at radius 2 is 1.90 bits per heavy atom. The van der Waals surface area contributed by atoms with Gasteiger partial charge in [-0.15, -0.1) is 0 Å². The maximum Gasteiger partial charge on any atom is 0.338 e. The van der Waals surface area contributed by atoms with Crippen LogP contribution in [0.25, 0.3) is 6.08 Å². The summed E-state index contributed by atoms with van der Waals surface area (Å²) in [6, 6.07) is 11.8. The Labute approximate surface area is 169 Å². The predicted octanol–water partition coefficient (Wildman–Crippen LogP) is 3.99. The molecular formula is C22H23N3O4. The predicted molar refractivity (Wildman–Crippen MR) is 109 cm³/mol. The van der Waals surface area contributed by atoms with Crippen LogP contribution in [0, 0.1) is 11.3 Å². The van der Waals surface area contributed by atoms with Crippen LogP contribution in [-0.2, 0) is 9.53 Å². The Morgan fingerprint density at radius 3 is 2.55 bits per heavy atom. The Kier molecular flexibility index (Phi) is 6.69. The molecule has 1 aliphatic heterocycles. The molecule has 0 aliphatic carbocycles. The summed E-state index contributed by atoms with van der Waals surface area (Å²) < 4.78 is 10.7. The summed E-state index contributed by atoms with van der Waals surface area (Å²) in [5.41, 5.74) is 0.790. The number of carbonyl (C=O) groups is 2. The van der Waals surface area contributed by atoms with Gasteiger partial charge in [-0.25, -0.2) is 4.79 Å². The fraction of sp³-hybridized carbons (Fsp3) is 0.318. The number of rotatable bonds is 6. The van der Waals surface area contributed by atoms with Crippen LogP contribution in [0.5, 0.6) is 0 Å². The highest BCUT2D eigenvalue weighted by atomic mass is 16.5. The third-order valence-corrected chi connectivity index (χ3v) is 4.59. The number of piperidine rings is 1. The summed E-state index contributed by atoms with van der Waals surface area (Å²) in [4.78, 5) is 26.3. The number of ether oxygens (including phenoxy) is 1. The van der Waals surface area contributed by atoms with Crippen molar-refractivity contribution in [1.82, 2.24) is 0 Å². The Hall–Kier alpha value is -3.53. The van der Waals surface area contributed by atoms with E-state index in [1.807, 2.05) is 12.1 Å². The summed E-state index contributed by atoms with van der Waals surface area (Å²) in [6.45, 7) is 3.92. The zero-order valence-corrected chi connectivity index (χ0v) is 16.3. The molecular weight excluding hydrogens is 370 g/mol. The van der Waals surface area contributed by atoms with Gasteiger partial charge in [-0.3, -0.25) is 4.79 Å². The van der Waals surface area contributed by atoms with Crippen LogP contribution >= 0.6 is 0 Å². The van der Waals surface area contributed by atoms with Crippen molar-refractivity contribution in [3.05, 3.63) is 53.3 Å². The van der Waals surface area contributed by atoms with E-state index >= 15 is 0 Å². The molecule has 150 valence electrons. The Balaban J connectivity index is 1.66. The molecule has 1 aromatic heterocycles. The number of carbonyl (C=O) groups excluding carboxylic acids is 2. The molecule has 0 spiro atoms. The van der Waals surface area contributed by atoms with Crippen LogP contribution in [-0.4, -0.2) is 31.6 Å². The van der Waals surface area contributed by atoms with Crippen molar-refractivity contribution in [2.45, 2.75) is 26.2 Å². The van der Waals surface area contributed by atoms with Gasteiger partial charge in [-0.2, -0.15) is 5.26 Å². The SMILES string of the molecule is CCOC(=O)c1ccc(NC(=O)/C(C#N)=C/c2ccc(N3CCCCC3)o2)cc1. The first-order valence-corrected chi connectivity index (χ1v) is 9.66. The molecule has 0 saturated carbocycles. The molecule has 7 heteroatoms. The van der Waals surface area contributed by atoms with E-state index in [-0.39, 0.29) is 5.57 Å². The fourth-order valence-electron chi connectivity index (χ4n) is 3.10. The van der Waals surface area contributed by atoms with E-state index < -0.39 is 11.9 Å². The minimum Gasteiger partial charge on any atom is -0.462 e. The van der Waals surface area contributed by atoms with Gasteiger partial charge in [0.15, 0.2) is 5.88 Å². The number of hydrogen-bond donors (Lipinski definition) is 1. The summed E-state index contributed by atoms with van der Waals surface area (Å²) in [6.07, 6.45) is 4.92. The zero-order chi connectivity index (χ0) is 20.6. The summed E-state index contributed by atoms with van der Waals surface area (Å²) in [7, 11) is 0. The van der Waals surface area contributed by atoms with Crippen LogP contribution in [0.4, 0.5) is 11.6 Å². The number of furan rings is 1. The summed E-state index contributed by atoms with van der Waals surface area (Å²) >= 11 is 0. The number of esters is 1. The minimum atomic E-state index is -0.549. The average Bonchev–Trinajstić information content (AvgIpc) is 3.22. The van der Waals surface area contributed by atoms with Gasteiger partial charge in [0.2, 0.25) is 0 Å². The maximum absolute atomic E-state index is 12.4. The number of nitriles is 1. The van der Waals surface area contributed by atoms with Gasteiger partial charge >= 0.3 is 5.97 Å². The van der Waals surface area contributed by atoms with E-state index in [1.165, 1.54) is 12.5 Å². The average molecular weight is 393 g/mol. The van der Waals surface area contributed by atoms with Crippen molar-refractivity contribution in [1.29, 1.82) is 5.26 Å². The van der Waals surface area contributed by atoms with Gasteiger partial charge in [0.25, 0.3) is 5.91 Å². The number of nitrogens with zero attached hydrogens (tertiary/aromatic N) is 2. The second-order valence-corrected chi connectivity index (χ2v) is 6.65. The van der Waals surface area contributed by atoms with Gasteiger partial charge < -0.3 is 19.4 Å². The summed E-state index contributed by atoms with van der Waals surface area (Å²) in [5, 5.41) is 12.0. The van der Waals surface area contributed by atoms with Gasteiger partial charge in [0.05, 0.1) is 12.2 Å². The second-order valence-electron chi connectivity index (χ2n) is 6.65. The minimum absolute atomic E-state index is 0.0704. The lowest BCUT2D eigenvalue weighted by atomic mass is 10.1. The van der Waals surface area contributed by atoms with E-state index in [0.29, 0.717) is 23.6 Å². The second kappa shape index (κ2) is 9.60. The zero-order valence-electron chi connectivity index (χ0n) is 16.3. The van der Waals surface area contributed by atoms with Gasteiger partial charge in [-0.1, -0.05) is 0 Å². The standard InChI is InChI=1S/C22H23N3O4/c1-2-28-22(27)16-6-8-18(9-7-16)24-21(26)17(15-23)14-19-10-11-20(29-19)25-12-4-3-5-13-25/h6-11,14H,2-5,12-13H2,1H3,(H,24,26)/b17-14+. The first kappa shape index (κ1) is 20.2. The number of hydrogen-bond acceptors (Lipinski definition) is 6. The fourth-order valence-corrected chi connectivity index (χ4v) is 3.10. The number of nitrogens with one attached hydrogen (secondary N) is 1. The molecule has 7 nitrogen and oxygen atoms in total. The Bertz CT molecular complexity index is 932. The molecule has 1 amide bonds. The molecule has 1 N–H and O–H groups in total. The highest BCUT2D eigenvalue weighted by molar-refractivity contribution is 6.09. The van der Waals surface area contributed by atoms with Crippen molar-refractivity contribution < 1.29 is 18.7 Å². The largest absolute Gasteiger partial charge is 0.462 e. The molecule has 1 aromatic carbocycles. The quantitative estimate of drug-likeness (QED) is 0.453. The highest BCUT2D eigenvalue weighted by Crippen LogP contribution is 2.24. The molecule has 0 unspecified atom stereocenters. The number of benzene rings is 1. The normalized spacial score (nSPS) is 14.2. The third kappa shape index (κ3) is 5.26. The lowest BCUT2D eigenvalue weighted by Crippen LogP contribution is -2.28. The lowest BCUT2D eigenvalue weighted by Gasteiger charge is -2.25. The topological polar surface area (TPSA) is 95.6 Å². The van der Waals surface area contributed by atoms with Crippen LogP contribution in [0.2, 0.25) is 0 Å². The molecule has 1 fully saturated rings. The van der Waals surface area contributed by atoms with Crippen LogP contribution in [0.3, 0.4) is 0 Å². The number of anilines is 2. The van der Waals surface area contributed by atoms with Gasteiger partial charge in [0.1, 0.15) is 17.4 Å². The van der Waals surface area contributed by atoms with Crippen LogP contribution < -0.4 is 10.2 Å². The third-order valence-electron chi connectivity index (χ3n) is 4.59. The van der Waals surface area contributed by atoms with Gasteiger partial charge in [-0.05, 0) is 56.5 Å². The van der Waals surface area contributed by atoms with E-state index in [9.17, 15) is 14.9 Å². The van der Waals surface area contributed by atoms with E-state index in [1.54, 1.807) is 37.3 Å². The molecule has 3 rings (SSSR count). The molecule has 0 atom stereocenters. The van der Waals surface area contributed by atoms with E-state index in [0.717, 1.165) is 31.8 Å². The molecule has 0 bridgehead atoms. The lowest BCUT2D eigenvalue weighted by molar-refractivity contribution is -0.112. The van der Waals surface area contributed by atoms with Gasteiger partial charge in [0, 0.05) is 30.9 Å². The highest BCUT2D eigenvalue weighted by Gasteiger charge is 2.16. The molecule has 1 aliphatic rings. The van der Waals surface area contributed by atoms with Crippen molar-refractivity contribution in [3.63, 3.8) is 0 Å². The number of amides is 1. The van der Waals surface area contributed by atoms with Crippen LogP contribution in [0.1, 0.15) is 42.3 Å². The van der Waals surface area contributed by atoms with Crippen molar-refractivity contribution in [2.75, 3.05) is 29.9 Å². The first-order valence-electron chi connectivity index (χ1n) is 9.66.